The second-order valence-corrected chi connectivity index (χ2v) is 6.11. The Kier molecular flexibility index (Phi) is 7.90. The molecular weight excluding hydrogens is 290 g/mol. The van der Waals surface area contributed by atoms with Crippen molar-refractivity contribution in [1.29, 1.82) is 0 Å². The molecule has 1 N–H and O–H groups in total. The summed E-state index contributed by atoms with van der Waals surface area (Å²) in [7, 11) is 2.17. The van der Waals surface area contributed by atoms with E-state index in [-0.39, 0.29) is 5.91 Å². The van der Waals surface area contributed by atoms with Gasteiger partial charge in [-0.2, -0.15) is 0 Å². The van der Waals surface area contributed by atoms with Crippen molar-refractivity contribution in [2.75, 3.05) is 52.9 Å². The number of rotatable bonds is 9. The molecule has 23 heavy (non-hydrogen) atoms. The highest BCUT2D eigenvalue weighted by atomic mass is 16.5. The van der Waals surface area contributed by atoms with Crippen molar-refractivity contribution >= 4 is 5.91 Å². The van der Waals surface area contributed by atoms with Crippen molar-refractivity contribution in [1.82, 2.24) is 15.1 Å². The number of ether oxygens (including phenoxy) is 1. The fraction of sp³-hybridized carbons (Fsp3) is 0.611. The van der Waals surface area contributed by atoms with Gasteiger partial charge in [-0.05, 0) is 38.6 Å². The minimum atomic E-state index is 0.125. The van der Waals surface area contributed by atoms with Crippen LogP contribution in [0.1, 0.15) is 19.3 Å². The van der Waals surface area contributed by atoms with Crippen LogP contribution in [0.3, 0.4) is 0 Å². The minimum Gasteiger partial charge on any atom is -0.494 e. The molecule has 5 heteroatoms. The number of para-hydroxylation sites is 1. The second kappa shape index (κ2) is 10.2. The molecule has 128 valence electrons. The topological polar surface area (TPSA) is 44.8 Å². The van der Waals surface area contributed by atoms with Gasteiger partial charge in [0.2, 0.25) is 5.91 Å². The average Bonchev–Trinajstić information content (AvgIpc) is 2.58. The molecule has 1 heterocycles. The Morgan fingerprint density at radius 3 is 2.61 bits per heavy atom. The van der Waals surface area contributed by atoms with Crippen LogP contribution in [0, 0.1) is 0 Å². The van der Waals surface area contributed by atoms with Crippen molar-refractivity contribution in [3.8, 4) is 5.75 Å². The first-order valence-corrected chi connectivity index (χ1v) is 8.59. The number of carbonyl (C=O) groups is 1. The predicted molar refractivity (Wildman–Crippen MR) is 92.7 cm³/mol. The Bertz CT molecular complexity index is 445. The van der Waals surface area contributed by atoms with Crippen LogP contribution in [0.5, 0.6) is 5.75 Å². The first-order valence-electron chi connectivity index (χ1n) is 8.59. The van der Waals surface area contributed by atoms with Crippen LogP contribution in [0.4, 0.5) is 0 Å². The van der Waals surface area contributed by atoms with E-state index < -0.39 is 0 Å². The molecule has 1 amide bonds. The molecule has 0 aliphatic carbocycles. The number of hydrogen-bond donors (Lipinski definition) is 1. The smallest absolute Gasteiger partial charge is 0.220 e. The molecule has 1 fully saturated rings. The zero-order chi connectivity index (χ0) is 16.3. The van der Waals surface area contributed by atoms with E-state index in [1.54, 1.807) is 0 Å². The van der Waals surface area contributed by atoms with Gasteiger partial charge in [0.05, 0.1) is 6.61 Å². The normalized spacial score (nSPS) is 16.2. The molecular formula is C18H29N3O2. The molecule has 0 spiro atoms. The summed E-state index contributed by atoms with van der Waals surface area (Å²) in [6.07, 6.45) is 2.30. The largest absolute Gasteiger partial charge is 0.494 e. The highest BCUT2D eigenvalue weighted by molar-refractivity contribution is 5.75. The van der Waals surface area contributed by atoms with Gasteiger partial charge >= 0.3 is 0 Å². The van der Waals surface area contributed by atoms with Crippen molar-refractivity contribution in [3.05, 3.63) is 30.3 Å². The zero-order valence-corrected chi connectivity index (χ0v) is 14.2. The van der Waals surface area contributed by atoms with E-state index in [4.69, 9.17) is 4.74 Å². The third-order valence-electron chi connectivity index (χ3n) is 4.13. The van der Waals surface area contributed by atoms with Gasteiger partial charge in [-0.15, -0.1) is 0 Å². The van der Waals surface area contributed by atoms with Gasteiger partial charge in [0.25, 0.3) is 0 Å². The van der Waals surface area contributed by atoms with Crippen LogP contribution in [0.25, 0.3) is 0 Å². The Morgan fingerprint density at radius 1 is 1.13 bits per heavy atom. The Balaban J connectivity index is 1.44. The first-order chi connectivity index (χ1) is 11.2. The summed E-state index contributed by atoms with van der Waals surface area (Å²) in [5.74, 6) is 0.986. The Morgan fingerprint density at radius 2 is 1.87 bits per heavy atom. The number of benzene rings is 1. The van der Waals surface area contributed by atoms with E-state index in [2.05, 4.69) is 22.2 Å². The molecule has 2 rings (SSSR count). The van der Waals surface area contributed by atoms with Crippen LogP contribution < -0.4 is 10.1 Å². The quantitative estimate of drug-likeness (QED) is 0.702. The molecule has 1 aliphatic heterocycles. The van der Waals surface area contributed by atoms with Crippen molar-refractivity contribution in [2.45, 2.75) is 19.3 Å². The van der Waals surface area contributed by atoms with E-state index in [1.807, 2.05) is 30.3 Å². The van der Waals surface area contributed by atoms with Gasteiger partial charge in [0.15, 0.2) is 0 Å². The predicted octanol–water partition coefficient (Wildman–Crippen LogP) is 1.60. The summed E-state index contributed by atoms with van der Waals surface area (Å²) in [6.45, 7) is 7.00. The van der Waals surface area contributed by atoms with E-state index >= 15 is 0 Å². The summed E-state index contributed by atoms with van der Waals surface area (Å²) in [4.78, 5) is 16.6. The molecule has 1 aromatic rings. The van der Waals surface area contributed by atoms with Gasteiger partial charge in [0, 0.05) is 39.1 Å². The molecule has 0 radical (unpaired) electrons. The molecule has 5 nitrogen and oxygen atoms in total. The molecule has 1 aliphatic rings. The number of nitrogens with one attached hydrogen (secondary N) is 1. The van der Waals surface area contributed by atoms with Crippen LogP contribution in [0.15, 0.2) is 30.3 Å². The van der Waals surface area contributed by atoms with E-state index in [1.165, 1.54) is 0 Å². The molecule has 0 saturated carbocycles. The van der Waals surface area contributed by atoms with Crippen LogP contribution in [-0.2, 0) is 4.79 Å². The molecule has 1 saturated heterocycles. The molecule has 0 aromatic heterocycles. The summed E-state index contributed by atoms with van der Waals surface area (Å²) < 4.78 is 5.58. The maximum Gasteiger partial charge on any atom is 0.220 e. The average molecular weight is 319 g/mol. The number of nitrogens with zero attached hydrogens (tertiary/aromatic N) is 2. The van der Waals surface area contributed by atoms with Crippen LogP contribution in [0.2, 0.25) is 0 Å². The van der Waals surface area contributed by atoms with E-state index in [0.29, 0.717) is 13.0 Å². The maximum atomic E-state index is 11.8. The molecule has 0 unspecified atom stereocenters. The third kappa shape index (κ3) is 7.48. The zero-order valence-electron chi connectivity index (χ0n) is 14.2. The standard InChI is InChI=1S/C18H29N3O2/c1-20-12-14-21(15-13-20)11-6-10-19-18(22)9-5-16-23-17-7-3-2-4-8-17/h2-4,7-8H,5-6,9-16H2,1H3,(H,19,22). The van der Waals surface area contributed by atoms with Gasteiger partial charge < -0.3 is 19.9 Å². The summed E-state index contributed by atoms with van der Waals surface area (Å²) in [5.41, 5.74) is 0. The summed E-state index contributed by atoms with van der Waals surface area (Å²) in [5, 5.41) is 3.00. The van der Waals surface area contributed by atoms with Crippen molar-refractivity contribution in [2.24, 2.45) is 0 Å². The lowest BCUT2D eigenvalue weighted by Gasteiger charge is -2.32. The van der Waals surface area contributed by atoms with E-state index in [0.717, 1.165) is 57.9 Å². The second-order valence-electron chi connectivity index (χ2n) is 6.11. The lowest BCUT2D eigenvalue weighted by atomic mass is 10.3. The minimum absolute atomic E-state index is 0.125. The number of likely N-dealkylation sites (N-methyl/N-ethyl adjacent to an activating group) is 1. The van der Waals surface area contributed by atoms with Crippen molar-refractivity contribution in [3.63, 3.8) is 0 Å². The number of amides is 1. The molecule has 0 bridgehead atoms. The third-order valence-corrected chi connectivity index (χ3v) is 4.13. The highest BCUT2D eigenvalue weighted by Gasteiger charge is 2.12. The number of carbonyl (C=O) groups excluding carboxylic acids is 1. The summed E-state index contributed by atoms with van der Waals surface area (Å²) >= 11 is 0. The van der Waals surface area contributed by atoms with E-state index in [9.17, 15) is 4.79 Å². The van der Waals surface area contributed by atoms with Crippen LogP contribution in [-0.4, -0.2) is 68.6 Å². The van der Waals surface area contributed by atoms with Gasteiger partial charge in [0.1, 0.15) is 5.75 Å². The molecule has 0 atom stereocenters. The fourth-order valence-corrected chi connectivity index (χ4v) is 2.63. The SMILES string of the molecule is CN1CCN(CCCNC(=O)CCCOc2ccccc2)CC1. The van der Waals surface area contributed by atoms with Gasteiger partial charge in [-0.25, -0.2) is 0 Å². The lowest BCUT2D eigenvalue weighted by molar-refractivity contribution is -0.121. The molecule has 1 aromatic carbocycles. The number of piperazine rings is 1. The monoisotopic (exact) mass is 319 g/mol. The Hall–Kier alpha value is -1.59. The fourth-order valence-electron chi connectivity index (χ4n) is 2.63. The Labute approximate surface area is 139 Å². The van der Waals surface area contributed by atoms with Crippen molar-refractivity contribution < 1.29 is 9.53 Å². The van der Waals surface area contributed by atoms with Crippen LogP contribution >= 0.6 is 0 Å². The summed E-state index contributed by atoms with van der Waals surface area (Å²) in [6, 6.07) is 9.71. The van der Waals surface area contributed by atoms with Gasteiger partial charge in [-0.3, -0.25) is 4.79 Å². The highest BCUT2D eigenvalue weighted by Crippen LogP contribution is 2.08. The number of hydrogen-bond acceptors (Lipinski definition) is 4. The maximum absolute atomic E-state index is 11.8. The van der Waals surface area contributed by atoms with Gasteiger partial charge in [-0.1, -0.05) is 18.2 Å². The lowest BCUT2D eigenvalue weighted by Crippen LogP contribution is -2.45. The first kappa shape index (κ1) is 17.8.